The summed E-state index contributed by atoms with van der Waals surface area (Å²) < 4.78 is 0. The smallest absolute Gasteiger partial charge is 0.0831 e. The van der Waals surface area contributed by atoms with E-state index in [4.69, 9.17) is 16.5 Å². The lowest BCUT2D eigenvalue weighted by Crippen LogP contribution is -2.43. The minimum absolute atomic E-state index is 0.217. The van der Waals surface area contributed by atoms with Crippen molar-refractivity contribution in [2.75, 3.05) is 29.0 Å². The van der Waals surface area contributed by atoms with Crippen LogP contribution in [0.4, 0.5) is 17.1 Å². The van der Waals surface area contributed by atoms with Crippen LogP contribution >= 0.6 is 0 Å². The average Bonchev–Trinajstić information content (AvgIpc) is 2.72. The fourth-order valence-electron chi connectivity index (χ4n) is 3.71. The lowest BCUT2D eigenvalue weighted by Gasteiger charge is -2.33. The Bertz CT molecular complexity index is 972. The number of piperidine rings is 1. The van der Waals surface area contributed by atoms with E-state index in [1.165, 1.54) is 0 Å². The minimum atomic E-state index is 0.217. The molecule has 1 saturated heterocycles. The van der Waals surface area contributed by atoms with Crippen LogP contribution in [0.1, 0.15) is 31.2 Å². The van der Waals surface area contributed by atoms with Gasteiger partial charge < -0.3 is 21.7 Å². The third-order valence-corrected chi connectivity index (χ3v) is 5.27. The Labute approximate surface area is 165 Å². The number of nitrogens with two attached hydrogens (primary N) is 2. The van der Waals surface area contributed by atoms with Gasteiger partial charge in [0.15, 0.2) is 0 Å². The molecule has 0 radical (unpaired) electrons. The van der Waals surface area contributed by atoms with Gasteiger partial charge in [-0.1, -0.05) is 6.92 Å². The summed E-state index contributed by atoms with van der Waals surface area (Å²) in [4.78, 5) is 15.8. The zero-order valence-corrected chi connectivity index (χ0v) is 16.2. The fourth-order valence-corrected chi connectivity index (χ4v) is 3.71. The maximum Gasteiger partial charge on any atom is 0.0831 e. The van der Waals surface area contributed by atoms with Gasteiger partial charge >= 0.3 is 0 Å². The molecule has 7 nitrogen and oxygen atoms in total. The van der Waals surface area contributed by atoms with Crippen molar-refractivity contribution < 1.29 is 0 Å². The van der Waals surface area contributed by atoms with E-state index in [9.17, 15) is 0 Å². The molecule has 1 aliphatic heterocycles. The molecule has 0 spiro atoms. The summed E-state index contributed by atoms with van der Waals surface area (Å²) in [6.45, 7) is 4.49. The first kappa shape index (κ1) is 18.4. The highest BCUT2D eigenvalue weighted by molar-refractivity contribution is 5.82. The molecule has 5 N–H and O–H groups in total. The van der Waals surface area contributed by atoms with Crippen LogP contribution in [-0.2, 0) is 13.0 Å². The summed E-state index contributed by atoms with van der Waals surface area (Å²) in [7, 11) is 0. The Hall–Kier alpha value is -2.93. The first-order valence-corrected chi connectivity index (χ1v) is 9.86. The van der Waals surface area contributed by atoms with Gasteiger partial charge in [0.05, 0.1) is 41.0 Å². The first-order valence-electron chi connectivity index (χ1n) is 9.86. The van der Waals surface area contributed by atoms with Crippen LogP contribution in [0.2, 0.25) is 0 Å². The number of nitrogens with zero attached hydrogens (tertiary/aromatic N) is 4. The molecule has 0 aromatic carbocycles. The molecule has 7 heteroatoms. The Balaban J connectivity index is 1.57. The molecule has 1 fully saturated rings. The zero-order chi connectivity index (χ0) is 19.5. The van der Waals surface area contributed by atoms with E-state index in [0.29, 0.717) is 12.2 Å². The van der Waals surface area contributed by atoms with Crippen molar-refractivity contribution in [2.45, 2.75) is 38.8 Å². The zero-order valence-electron chi connectivity index (χ0n) is 16.2. The lowest BCUT2D eigenvalue weighted by molar-refractivity contribution is 0.506. The van der Waals surface area contributed by atoms with Crippen LogP contribution < -0.4 is 21.7 Å². The molecule has 146 valence electrons. The predicted molar refractivity (Wildman–Crippen MR) is 114 cm³/mol. The van der Waals surface area contributed by atoms with Crippen molar-refractivity contribution in [3.63, 3.8) is 0 Å². The Morgan fingerprint density at radius 3 is 3.00 bits per heavy atom. The van der Waals surface area contributed by atoms with Gasteiger partial charge in [-0.3, -0.25) is 9.97 Å². The van der Waals surface area contributed by atoms with E-state index in [2.05, 4.69) is 27.1 Å². The number of hydrogen-bond donors (Lipinski definition) is 3. The second-order valence-electron chi connectivity index (χ2n) is 7.34. The van der Waals surface area contributed by atoms with Crippen LogP contribution in [0, 0.1) is 0 Å². The van der Waals surface area contributed by atoms with Crippen molar-refractivity contribution in [3.05, 3.63) is 48.2 Å². The Morgan fingerprint density at radius 1 is 1.29 bits per heavy atom. The van der Waals surface area contributed by atoms with Crippen molar-refractivity contribution in [3.8, 4) is 0 Å². The normalized spacial score (nSPS) is 17.1. The molecule has 28 heavy (non-hydrogen) atoms. The number of hydrogen-bond acceptors (Lipinski definition) is 7. The maximum atomic E-state index is 6.25. The van der Waals surface area contributed by atoms with Gasteiger partial charge in [0, 0.05) is 42.6 Å². The standard InChI is InChI=1S/C21H27N7/c1-2-16-9-18-14(10-25-16)8-17(23)19(27-18)12-26-20-11-24-6-5-21(20)28-7-3-4-15(22)13-28/h5-6,8-11,15,26H,2-4,7,12-13,22-23H2,1H3. The molecular formula is C21H27N7. The summed E-state index contributed by atoms with van der Waals surface area (Å²) in [6, 6.07) is 6.23. The molecule has 0 aliphatic carbocycles. The number of aromatic nitrogens is 3. The molecule has 0 saturated carbocycles. The number of anilines is 3. The molecule has 3 aromatic rings. The summed E-state index contributed by atoms with van der Waals surface area (Å²) in [5.41, 5.74) is 18.0. The van der Waals surface area contributed by atoms with Gasteiger partial charge in [-0.25, -0.2) is 4.98 Å². The van der Waals surface area contributed by atoms with Gasteiger partial charge in [0.25, 0.3) is 0 Å². The number of rotatable bonds is 5. The quantitative estimate of drug-likeness (QED) is 0.628. The van der Waals surface area contributed by atoms with Crippen molar-refractivity contribution in [2.24, 2.45) is 5.73 Å². The van der Waals surface area contributed by atoms with Crippen molar-refractivity contribution in [1.82, 2.24) is 15.0 Å². The second-order valence-corrected chi connectivity index (χ2v) is 7.34. The van der Waals surface area contributed by atoms with Crippen molar-refractivity contribution in [1.29, 1.82) is 0 Å². The monoisotopic (exact) mass is 377 g/mol. The predicted octanol–water partition coefficient (Wildman–Crippen LogP) is 2.71. The highest BCUT2D eigenvalue weighted by Gasteiger charge is 2.19. The second kappa shape index (κ2) is 7.98. The number of nitrogen functional groups attached to an aromatic ring is 1. The average molecular weight is 377 g/mol. The van der Waals surface area contributed by atoms with E-state index in [1.54, 1.807) is 0 Å². The molecule has 1 atom stereocenters. The molecule has 1 unspecified atom stereocenters. The number of aryl methyl sites for hydroxylation is 1. The summed E-state index contributed by atoms with van der Waals surface area (Å²) in [5.74, 6) is 0. The molecule has 4 heterocycles. The van der Waals surface area contributed by atoms with E-state index >= 15 is 0 Å². The fraction of sp³-hybridized carbons (Fsp3) is 0.381. The van der Waals surface area contributed by atoms with Gasteiger partial charge in [-0.15, -0.1) is 0 Å². The Kier molecular flexibility index (Phi) is 5.25. The third-order valence-electron chi connectivity index (χ3n) is 5.27. The Morgan fingerprint density at radius 2 is 2.18 bits per heavy atom. The molecule has 0 amide bonds. The van der Waals surface area contributed by atoms with Gasteiger partial charge in [0.2, 0.25) is 0 Å². The highest BCUT2D eigenvalue weighted by Crippen LogP contribution is 2.28. The lowest BCUT2D eigenvalue weighted by atomic mass is 10.1. The first-order chi connectivity index (χ1) is 13.6. The summed E-state index contributed by atoms with van der Waals surface area (Å²) in [5, 5.41) is 4.43. The van der Waals surface area contributed by atoms with Crippen LogP contribution in [0.5, 0.6) is 0 Å². The van der Waals surface area contributed by atoms with E-state index in [-0.39, 0.29) is 6.04 Å². The molecule has 3 aromatic heterocycles. The SMILES string of the molecule is CCc1cc2nc(CNc3cnccc3N3CCCC(N)C3)c(N)cc2cn1. The van der Waals surface area contributed by atoms with Gasteiger partial charge in [0.1, 0.15) is 0 Å². The van der Waals surface area contributed by atoms with Crippen LogP contribution in [0.25, 0.3) is 10.9 Å². The van der Waals surface area contributed by atoms with E-state index < -0.39 is 0 Å². The van der Waals surface area contributed by atoms with Crippen LogP contribution in [-0.4, -0.2) is 34.1 Å². The topological polar surface area (TPSA) is 106 Å². The largest absolute Gasteiger partial charge is 0.397 e. The number of fused-ring (bicyclic) bond motifs is 1. The summed E-state index contributed by atoms with van der Waals surface area (Å²) in [6.07, 6.45) is 8.58. The number of pyridine rings is 3. The minimum Gasteiger partial charge on any atom is -0.397 e. The molecule has 0 bridgehead atoms. The molecule has 4 rings (SSSR count). The van der Waals surface area contributed by atoms with E-state index in [1.807, 2.05) is 36.8 Å². The number of nitrogens with one attached hydrogen (secondary N) is 1. The molecular weight excluding hydrogens is 350 g/mol. The molecule has 1 aliphatic rings. The third kappa shape index (κ3) is 3.84. The van der Waals surface area contributed by atoms with E-state index in [0.717, 1.165) is 66.0 Å². The summed E-state index contributed by atoms with van der Waals surface area (Å²) >= 11 is 0. The maximum absolute atomic E-state index is 6.25. The van der Waals surface area contributed by atoms with Gasteiger partial charge in [-0.05, 0) is 37.5 Å². The highest BCUT2D eigenvalue weighted by atomic mass is 15.2. The van der Waals surface area contributed by atoms with Crippen LogP contribution in [0.15, 0.2) is 36.8 Å². The van der Waals surface area contributed by atoms with Crippen LogP contribution in [0.3, 0.4) is 0 Å². The van der Waals surface area contributed by atoms with Crippen molar-refractivity contribution >= 4 is 28.0 Å². The van der Waals surface area contributed by atoms with Gasteiger partial charge in [-0.2, -0.15) is 0 Å².